The standard InChI is InChI=1S/C31H35N7O4/c1-31(2,3)42-30(41)33-19-21-12-16-37(17-13-21)26-18-22(28(39)35-23-8-5-4-6-9-23)10-11-25(26)36-29(40)24-20-34-38-15-7-14-32-27(24)38/h4-11,14-15,18,20-21H,12-13,16-17,19H2,1-3H3,(H,33,41)(H,35,39)(H,36,40). The van der Waals surface area contributed by atoms with Crippen LogP contribution in [0.5, 0.6) is 0 Å². The first-order valence-corrected chi connectivity index (χ1v) is 14.0. The normalized spacial score (nSPS) is 13.9. The van der Waals surface area contributed by atoms with Crippen LogP contribution in [0.15, 0.2) is 73.2 Å². The molecule has 0 saturated carbocycles. The third kappa shape index (κ3) is 7.03. The molecule has 0 unspecified atom stereocenters. The Morgan fingerprint density at radius 3 is 2.48 bits per heavy atom. The minimum atomic E-state index is -0.550. The third-order valence-corrected chi connectivity index (χ3v) is 6.95. The van der Waals surface area contributed by atoms with E-state index in [1.54, 1.807) is 35.1 Å². The minimum absolute atomic E-state index is 0.247. The second-order valence-electron chi connectivity index (χ2n) is 11.3. The molecule has 2 aromatic heterocycles. The van der Waals surface area contributed by atoms with Gasteiger partial charge in [-0.15, -0.1) is 0 Å². The molecule has 2 aromatic carbocycles. The molecule has 0 radical (unpaired) electrons. The number of ether oxygens (including phenoxy) is 1. The maximum absolute atomic E-state index is 13.3. The van der Waals surface area contributed by atoms with Crippen LogP contribution in [0.25, 0.3) is 5.65 Å². The zero-order chi connectivity index (χ0) is 29.7. The van der Waals surface area contributed by atoms with Crippen LogP contribution < -0.4 is 20.9 Å². The minimum Gasteiger partial charge on any atom is -0.444 e. The van der Waals surface area contributed by atoms with E-state index in [1.807, 2.05) is 57.2 Å². The number of carbonyl (C=O) groups is 3. The number of carbonyl (C=O) groups excluding carboxylic acids is 3. The van der Waals surface area contributed by atoms with Gasteiger partial charge >= 0.3 is 6.09 Å². The van der Waals surface area contributed by atoms with Gasteiger partial charge < -0.3 is 25.6 Å². The fourth-order valence-corrected chi connectivity index (χ4v) is 4.86. The molecule has 0 atom stereocenters. The molecule has 11 heteroatoms. The number of amides is 3. The molecule has 0 spiro atoms. The van der Waals surface area contributed by atoms with Crippen molar-refractivity contribution in [3.05, 3.63) is 84.3 Å². The molecule has 3 heterocycles. The van der Waals surface area contributed by atoms with E-state index >= 15 is 0 Å². The summed E-state index contributed by atoms with van der Waals surface area (Å²) in [6, 6.07) is 16.3. The molecule has 3 N–H and O–H groups in total. The quantitative estimate of drug-likeness (QED) is 0.286. The molecule has 1 saturated heterocycles. The van der Waals surface area contributed by atoms with Crippen molar-refractivity contribution in [2.75, 3.05) is 35.2 Å². The Bertz CT molecular complexity index is 1570. The molecule has 5 rings (SSSR count). The number of alkyl carbamates (subject to hydrolysis) is 1. The molecule has 11 nitrogen and oxygen atoms in total. The summed E-state index contributed by atoms with van der Waals surface area (Å²) in [5.41, 5.74) is 2.74. The lowest BCUT2D eigenvalue weighted by Gasteiger charge is -2.35. The number of piperidine rings is 1. The lowest BCUT2D eigenvalue weighted by Crippen LogP contribution is -2.40. The molecular weight excluding hydrogens is 534 g/mol. The van der Waals surface area contributed by atoms with E-state index in [1.165, 1.54) is 6.20 Å². The first-order valence-electron chi connectivity index (χ1n) is 14.0. The van der Waals surface area contributed by atoms with Gasteiger partial charge in [0.05, 0.1) is 17.6 Å². The van der Waals surface area contributed by atoms with E-state index in [0.29, 0.717) is 47.8 Å². The number of anilines is 3. The molecular formula is C31H35N7O4. The van der Waals surface area contributed by atoms with E-state index in [-0.39, 0.29) is 17.7 Å². The van der Waals surface area contributed by atoms with Gasteiger partial charge in [-0.05, 0) is 75.9 Å². The highest BCUT2D eigenvalue weighted by atomic mass is 16.6. The Kier molecular flexibility index (Phi) is 8.37. The highest BCUT2D eigenvalue weighted by Gasteiger charge is 2.25. The number of benzene rings is 2. The number of nitrogens with zero attached hydrogens (tertiary/aromatic N) is 4. The Balaban J connectivity index is 1.33. The second-order valence-corrected chi connectivity index (χ2v) is 11.3. The van der Waals surface area contributed by atoms with Crippen LogP contribution in [0.1, 0.15) is 54.3 Å². The summed E-state index contributed by atoms with van der Waals surface area (Å²) in [5, 5.41) is 13.0. The number of fused-ring (bicyclic) bond motifs is 1. The third-order valence-electron chi connectivity index (χ3n) is 6.95. The summed E-state index contributed by atoms with van der Waals surface area (Å²) in [5.74, 6) is -0.312. The molecule has 1 aliphatic heterocycles. The van der Waals surface area contributed by atoms with Crippen LogP contribution >= 0.6 is 0 Å². The van der Waals surface area contributed by atoms with Gasteiger partial charge in [-0.25, -0.2) is 14.3 Å². The van der Waals surface area contributed by atoms with E-state index in [0.717, 1.165) is 18.5 Å². The highest BCUT2D eigenvalue weighted by molar-refractivity contribution is 6.10. The maximum atomic E-state index is 13.3. The van der Waals surface area contributed by atoms with Crippen molar-refractivity contribution in [2.45, 2.75) is 39.2 Å². The van der Waals surface area contributed by atoms with E-state index in [4.69, 9.17) is 4.74 Å². The molecule has 218 valence electrons. The molecule has 1 aliphatic rings. The van der Waals surface area contributed by atoms with Crippen molar-refractivity contribution in [3.8, 4) is 0 Å². The molecule has 0 aliphatic carbocycles. The van der Waals surface area contributed by atoms with Crippen molar-refractivity contribution in [2.24, 2.45) is 5.92 Å². The van der Waals surface area contributed by atoms with Gasteiger partial charge in [-0.3, -0.25) is 9.59 Å². The average molecular weight is 570 g/mol. The van der Waals surface area contributed by atoms with Crippen LogP contribution in [-0.4, -0.2) is 57.7 Å². The second kappa shape index (κ2) is 12.3. The Hall–Kier alpha value is -4.93. The average Bonchev–Trinajstić information content (AvgIpc) is 3.41. The van der Waals surface area contributed by atoms with Crippen LogP contribution in [0.2, 0.25) is 0 Å². The monoisotopic (exact) mass is 569 g/mol. The van der Waals surface area contributed by atoms with E-state index in [2.05, 4.69) is 30.9 Å². The summed E-state index contributed by atoms with van der Waals surface area (Å²) in [4.78, 5) is 45.0. The zero-order valence-corrected chi connectivity index (χ0v) is 24.0. The Morgan fingerprint density at radius 1 is 0.976 bits per heavy atom. The van der Waals surface area contributed by atoms with Gasteiger partial charge in [0.25, 0.3) is 11.8 Å². The SMILES string of the molecule is CC(C)(C)OC(=O)NCC1CCN(c2cc(C(=O)Nc3ccccc3)ccc2NC(=O)c2cnn3cccnc23)CC1. The van der Waals surface area contributed by atoms with Gasteiger partial charge in [0.1, 0.15) is 11.2 Å². The first-order chi connectivity index (χ1) is 20.2. The zero-order valence-electron chi connectivity index (χ0n) is 24.0. The lowest BCUT2D eigenvalue weighted by atomic mass is 9.96. The topological polar surface area (TPSA) is 130 Å². The molecule has 42 heavy (non-hydrogen) atoms. The number of nitrogens with one attached hydrogen (secondary N) is 3. The van der Waals surface area contributed by atoms with Crippen LogP contribution in [0.4, 0.5) is 21.9 Å². The fraction of sp³-hybridized carbons (Fsp3) is 0.323. The van der Waals surface area contributed by atoms with Crippen molar-refractivity contribution in [3.63, 3.8) is 0 Å². The van der Waals surface area contributed by atoms with Gasteiger partial charge in [-0.1, -0.05) is 18.2 Å². The summed E-state index contributed by atoms with van der Waals surface area (Å²) < 4.78 is 6.90. The first kappa shape index (κ1) is 28.6. The molecule has 0 bridgehead atoms. The largest absolute Gasteiger partial charge is 0.444 e. The predicted octanol–water partition coefficient (Wildman–Crippen LogP) is 4.98. The Morgan fingerprint density at radius 2 is 1.74 bits per heavy atom. The van der Waals surface area contributed by atoms with Crippen LogP contribution in [-0.2, 0) is 4.74 Å². The van der Waals surface area contributed by atoms with Gasteiger partial charge in [-0.2, -0.15) is 5.10 Å². The summed E-state index contributed by atoms with van der Waals surface area (Å²) in [7, 11) is 0. The smallest absolute Gasteiger partial charge is 0.407 e. The van der Waals surface area contributed by atoms with Crippen molar-refractivity contribution >= 4 is 40.6 Å². The van der Waals surface area contributed by atoms with Crippen LogP contribution in [0, 0.1) is 5.92 Å². The number of aromatic nitrogens is 3. The molecule has 1 fully saturated rings. The van der Waals surface area contributed by atoms with Gasteiger partial charge in [0, 0.05) is 43.3 Å². The van der Waals surface area contributed by atoms with Crippen molar-refractivity contribution in [1.29, 1.82) is 0 Å². The number of hydrogen-bond donors (Lipinski definition) is 3. The summed E-state index contributed by atoms with van der Waals surface area (Å²) in [6.07, 6.45) is 6.05. The summed E-state index contributed by atoms with van der Waals surface area (Å²) in [6.45, 7) is 7.40. The molecule has 4 aromatic rings. The van der Waals surface area contributed by atoms with Gasteiger partial charge in [0.15, 0.2) is 5.65 Å². The van der Waals surface area contributed by atoms with Crippen molar-refractivity contribution in [1.82, 2.24) is 19.9 Å². The van der Waals surface area contributed by atoms with Crippen LogP contribution in [0.3, 0.4) is 0 Å². The molecule has 3 amide bonds. The van der Waals surface area contributed by atoms with E-state index in [9.17, 15) is 14.4 Å². The number of rotatable bonds is 7. The van der Waals surface area contributed by atoms with E-state index < -0.39 is 11.7 Å². The number of para-hydroxylation sites is 1. The van der Waals surface area contributed by atoms with Crippen molar-refractivity contribution < 1.29 is 19.1 Å². The fourth-order valence-electron chi connectivity index (χ4n) is 4.86. The summed E-state index contributed by atoms with van der Waals surface area (Å²) >= 11 is 0. The van der Waals surface area contributed by atoms with Gasteiger partial charge in [0.2, 0.25) is 0 Å². The lowest BCUT2D eigenvalue weighted by molar-refractivity contribution is 0.0516. The highest BCUT2D eigenvalue weighted by Crippen LogP contribution is 2.32. The Labute approximate surface area is 244 Å². The number of hydrogen-bond acceptors (Lipinski definition) is 7. The predicted molar refractivity (Wildman–Crippen MR) is 161 cm³/mol. The maximum Gasteiger partial charge on any atom is 0.407 e.